The molecular weight excluding hydrogens is 307 g/mol. The third kappa shape index (κ3) is 4.19. The van der Waals surface area contributed by atoms with Gasteiger partial charge in [-0.3, -0.25) is 9.69 Å². The van der Waals surface area contributed by atoms with Gasteiger partial charge in [-0.05, 0) is 42.3 Å². The van der Waals surface area contributed by atoms with Crippen molar-refractivity contribution < 1.29 is 13.9 Å². The highest BCUT2D eigenvalue weighted by Gasteiger charge is 2.12. The Bertz CT molecular complexity index is 710. The highest BCUT2D eigenvalue weighted by atomic mass is 19.1. The van der Waals surface area contributed by atoms with Crippen LogP contribution in [0.4, 0.5) is 10.1 Å². The number of aryl methyl sites for hydroxylation is 1. The molecule has 2 aromatic carbocycles. The van der Waals surface area contributed by atoms with Gasteiger partial charge in [0.15, 0.2) is 0 Å². The van der Waals surface area contributed by atoms with Crippen molar-refractivity contribution in [2.24, 2.45) is 0 Å². The summed E-state index contributed by atoms with van der Waals surface area (Å²) in [5.41, 5.74) is 2.77. The molecule has 1 fully saturated rings. The van der Waals surface area contributed by atoms with Crippen LogP contribution in [0.1, 0.15) is 21.5 Å². The van der Waals surface area contributed by atoms with Gasteiger partial charge in [0.2, 0.25) is 0 Å². The lowest BCUT2D eigenvalue weighted by Crippen LogP contribution is -2.35. The zero-order chi connectivity index (χ0) is 16.9. The summed E-state index contributed by atoms with van der Waals surface area (Å²) in [5.74, 6) is -0.740. The van der Waals surface area contributed by atoms with E-state index in [0.29, 0.717) is 5.56 Å². The zero-order valence-corrected chi connectivity index (χ0v) is 13.7. The number of halogens is 1. The molecule has 1 aliphatic heterocycles. The maximum absolute atomic E-state index is 13.7. The SMILES string of the molecule is Cc1ccc(F)c(NC(=O)c2ccc(CN3CCOCC3)cc2)c1. The molecule has 1 saturated heterocycles. The summed E-state index contributed by atoms with van der Waals surface area (Å²) in [4.78, 5) is 14.6. The van der Waals surface area contributed by atoms with Crippen LogP contribution in [0.15, 0.2) is 42.5 Å². The zero-order valence-electron chi connectivity index (χ0n) is 13.7. The van der Waals surface area contributed by atoms with Gasteiger partial charge in [-0.25, -0.2) is 4.39 Å². The van der Waals surface area contributed by atoms with Gasteiger partial charge in [0.05, 0.1) is 18.9 Å². The predicted octanol–water partition coefficient (Wildman–Crippen LogP) is 3.22. The third-order valence-electron chi connectivity index (χ3n) is 4.10. The summed E-state index contributed by atoms with van der Waals surface area (Å²) < 4.78 is 19.1. The topological polar surface area (TPSA) is 41.6 Å². The molecule has 3 rings (SSSR count). The van der Waals surface area contributed by atoms with E-state index in [1.54, 1.807) is 24.3 Å². The van der Waals surface area contributed by atoms with Crippen molar-refractivity contribution >= 4 is 11.6 Å². The van der Waals surface area contributed by atoms with Crippen LogP contribution in [0.5, 0.6) is 0 Å². The number of hydrogen-bond donors (Lipinski definition) is 1. The molecule has 126 valence electrons. The third-order valence-corrected chi connectivity index (χ3v) is 4.10. The van der Waals surface area contributed by atoms with Gasteiger partial charge < -0.3 is 10.1 Å². The van der Waals surface area contributed by atoms with Crippen molar-refractivity contribution in [1.29, 1.82) is 0 Å². The minimum absolute atomic E-state index is 0.206. The van der Waals surface area contributed by atoms with E-state index in [4.69, 9.17) is 4.74 Å². The molecule has 1 N–H and O–H groups in total. The number of hydrogen-bond acceptors (Lipinski definition) is 3. The van der Waals surface area contributed by atoms with E-state index in [2.05, 4.69) is 10.2 Å². The van der Waals surface area contributed by atoms with Crippen LogP contribution in [0.3, 0.4) is 0 Å². The van der Waals surface area contributed by atoms with E-state index in [-0.39, 0.29) is 11.6 Å². The van der Waals surface area contributed by atoms with E-state index >= 15 is 0 Å². The van der Waals surface area contributed by atoms with Gasteiger partial charge in [-0.1, -0.05) is 18.2 Å². The number of carbonyl (C=O) groups is 1. The molecule has 0 aromatic heterocycles. The first-order chi connectivity index (χ1) is 11.6. The molecule has 24 heavy (non-hydrogen) atoms. The lowest BCUT2D eigenvalue weighted by molar-refractivity contribution is 0.0342. The summed E-state index contributed by atoms with van der Waals surface area (Å²) >= 11 is 0. The quantitative estimate of drug-likeness (QED) is 0.937. The average molecular weight is 328 g/mol. The van der Waals surface area contributed by atoms with Gasteiger partial charge in [0.25, 0.3) is 5.91 Å². The fourth-order valence-corrected chi connectivity index (χ4v) is 2.71. The van der Waals surface area contributed by atoms with E-state index in [0.717, 1.165) is 44.0 Å². The van der Waals surface area contributed by atoms with E-state index < -0.39 is 5.82 Å². The van der Waals surface area contributed by atoms with E-state index in [1.165, 1.54) is 6.07 Å². The Labute approximate surface area is 141 Å². The molecule has 1 aliphatic rings. The fraction of sp³-hybridized carbons (Fsp3) is 0.316. The summed E-state index contributed by atoms with van der Waals surface area (Å²) in [5, 5.41) is 2.63. The number of nitrogens with one attached hydrogen (secondary N) is 1. The fourth-order valence-electron chi connectivity index (χ4n) is 2.71. The van der Waals surface area contributed by atoms with Crippen LogP contribution in [-0.4, -0.2) is 37.1 Å². The monoisotopic (exact) mass is 328 g/mol. The van der Waals surface area contributed by atoms with Crippen molar-refractivity contribution in [3.63, 3.8) is 0 Å². The standard InChI is InChI=1S/C19H21FN2O2/c1-14-2-7-17(20)18(12-14)21-19(23)16-5-3-15(4-6-16)13-22-8-10-24-11-9-22/h2-7,12H,8-11,13H2,1H3,(H,21,23). The molecule has 5 heteroatoms. The largest absolute Gasteiger partial charge is 0.379 e. The number of nitrogens with zero attached hydrogens (tertiary/aromatic N) is 1. The maximum atomic E-state index is 13.7. The van der Waals surface area contributed by atoms with Gasteiger partial charge in [-0.15, -0.1) is 0 Å². The number of morpholine rings is 1. The number of amides is 1. The number of benzene rings is 2. The molecule has 0 radical (unpaired) electrons. The predicted molar refractivity (Wildman–Crippen MR) is 91.6 cm³/mol. The van der Waals surface area contributed by atoms with Crippen molar-refractivity contribution in [1.82, 2.24) is 4.90 Å². The Balaban J connectivity index is 1.64. The van der Waals surface area contributed by atoms with Gasteiger partial charge in [0, 0.05) is 25.2 Å². The molecule has 1 heterocycles. The second-order valence-electron chi connectivity index (χ2n) is 6.02. The normalized spacial score (nSPS) is 15.2. The Kier molecular flexibility index (Phi) is 5.23. The molecule has 0 aliphatic carbocycles. The second-order valence-corrected chi connectivity index (χ2v) is 6.02. The van der Waals surface area contributed by atoms with Crippen LogP contribution >= 0.6 is 0 Å². The number of rotatable bonds is 4. The number of carbonyl (C=O) groups excluding carboxylic acids is 1. The summed E-state index contributed by atoms with van der Waals surface area (Å²) in [6, 6.07) is 12.1. The summed E-state index contributed by atoms with van der Waals surface area (Å²) in [6.45, 7) is 6.09. The minimum Gasteiger partial charge on any atom is -0.379 e. The highest BCUT2D eigenvalue weighted by Crippen LogP contribution is 2.17. The van der Waals surface area contributed by atoms with Crippen LogP contribution in [0, 0.1) is 12.7 Å². The maximum Gasteiger partial charge on any atom is 0.255 e. The van der Waals surface area contributed by atoms with E-state index in [9.17, 15) is 9.18 Å². The van der Waals surface area contributed by atoms with Crippen molar-refractivity contribution in [3.05, 3.63) is 65.0 Å². The smallest absolute Gasteiger partial charge is 0.255 e. The molecule has 4 nitrogen and oxygen atoms in total. The summed E-state index contributed by atoms with van der Waals surface area (Å²) in [7, 11) is 0. The van der Waals surface area contributed by atoms with Crippen molar-refractivity contribution in [3.8, 4) is 0 Å². The Hall–Kier alpha value is -2.24. The molecular formula is C19H21FN2O2. The molecule has 0 saturated carbocycles. The van der Waals surface area contributed by atoms with Gasteiger partial charge in [-0.2, -0.15) is 0 Å². The molecule has 1 amide bonds. The first-order valence-corrected chi connectivity index (χ1v) is 8.08. The molecule has 0 bridgehead atoms. The first kappa shape index (κ1) is 16.6. The molecule has 2 aromatic rings. The Morgan fingerprint density at radius 2 is 1.88 bits per heavy atom. The molecule has 0 spiro atoms. The lowest BCUT2D eigenvalue weighted by atomic mass is 10.1. The van der Waals surface area contributed by atoms with Crippen LogP contribution in [0.2, 0.25) is 0 Å². The summed E-state index contributed by atoms with van der Waals surface area (Å²) in [6.07, 6.45) is 0. The van der Waals surface area contributed by atoms with Gasteiger partial charge in [0.1, 0.15) is 5.82 Å². The number of ether oxygens (including phenoxy) is 1. The van der Waals surface area contributed by atoms with Gasteiger partial charge >= 0.3 is 0 Å². The van der Waals surface area contributed by atoms with Crippen LogP contribution in [-0.2, 0) is 11.3 Å². The second kappa shape index (κ2) is 7.55. The molecule has 0 atom stereocenters. The van der Waals surface area contributed by atoms with Crippen molar-refractivity contribution in [2.75, 3.05) is 31.6 Å². The Morgan fingerprint density at radius 1 is 1.17 bits per heavy atom. The minimum atomic E-state index is -0.433. The van der Waals surface area contributed by atoms with Crippen LogP contribution in [0.25, 0.3) is 0 Å². The lowest BCUT2D eigenvalue weighted by Gasteiger charge is -2.26. The average Bonchev–Trinajstić information content (AvgIpc) is 2.60. The van der Waals surface area contributed by atoms with Crippen molar-refractivity contribution in [2.45, 2.75) is 13.5 Å². The van der Waals surface area contributed by atoms with Crippen LogP contribution < -0.4 is 5.32 Å². The highest BCUT2D eigenvalue weighted by molar-refractivity contribution is 6.04. The number of anilines is 1. The molecule has 0 unspecified atom stereocenters. The first-order valence-electron chi connectivity index (χ1n) is 8.08. The van der Waals surface area contributed by atoms with E-state index in [1.807, 2.05) is 19.1 Å². The Morgan fingerprint density at radius 3 is 2.58 bits per heavy atom.